The van der Waals surface area contributed by atoms with E-state index in [-0.39, 0.29) is 0 Å². The van der Waals surface area contributed by atoms with E-state index in [4.69, 9.17) is 11.6 Å². The summed E-state index contributed by atoms with van der Waals surface area (Å²) in [6.07, 6.45) is 3.93. The number of piperidine rings is 1. The number of halogens is 1. The number of nitrogens with zero attached hydrogens (tertiary/aromatic N) is 1. The molecule has 0 radical (unpaired) electrons. The fourth-order valence-electron chi connectivity index (χ4n) is 1.75. The van der Waals surface area contributed by atoms with E-state index in [1.165, 1.54) is 19.3 Å². The molecule has 0 saturated carbocycles. The molecule has 1 aliphatic heterocycles. The highest BCUT2D eigenvalue weighted by Crippen LogP contribution is 2.17. The van der Waals surface area contributed by atoms with Gasteiger partial charge in [-0.15, -0.1) is 0 Å². The van der Waals surface area contributed by atoms with Gasteiger partial charge in [0.05, 0.1) is 5.69 Å². The molecule has 14 heavy (non-hydrogen) atoms. The number of hydrogen-bond donors (Lipinski definition) is 1. The molecule has 1 heterocycles. The summed E-state index contributed by atoms with van der Waals surface area (Å²) in [5.74, 6) is 0. The zero-order valence-electron chi connectivity index (χ0n) is 8.17. The number of anilines is 1. The number of hydrogen-bond acceptors (Lipinski definition) is 2. The van der Waals surface area contributed by atoms with Gasteiger partial charge in [-0.2, -0.15) is 0 Å². The van der Waals surface area contributed by atoms with Crippen LogP contribution in [0.15, 0.2) is 24.3 Å². The zero-order chi connectivity index (χ0) is 9.80. The van der Waals surface area contributed by atoms with E-state index in [1.807, 2.05) is 24.3 Å². The first-order chi connectivity index (χ1) is 6.84. The lowest BCUT2D eigenvalue weighted by Gasteiger charge is -2.27. The predicted octanol–water partition coefficient (Wildman–Crippen LogP) is 3.15. The molecular formula is C11H15ClN2. The SMILES string of the molecule is Clc1cccc(NN2CCCCC2)c1. The largest absolute Gasteiger partial charge is 0.319 e. The van der Waals surface area contributed by atoms with Gasteiger partial charge < -0.3 is 5.43 Å². The maximum absolute atomic E-state index is 5.90. The van der Waals surface area contributed by atoms with Crippen LogP contribution in [0.25, 0.3) is 0 Å². The van der Waals surface area contributed by atoms with Gasteiger partial charge in [0.2, 0.25) is 0 Å². The van der Waals surface area contributed by atoms with Gasteiger partial charge in [0, 0.05) is 18.1 Å². The number of rotatable bonds is 2. The summed E-state index contributed by atoms with van der Waals surface area (Å²) < 4.78 is 0. The van der Waals surface area contributed by atoms with Crippen LogP contribution in [0.1, 0.15) is 19.3 Å². The molecule has 2 rings (SSSR count). The molecule has 0 unspecified atom stereocenters. The monoisotopic (exact) mass is 210 g/mol. The summed E-state index contributed by atoms with van der Waals surface area (Å²) in [5.41, 5.74) is 4.45. The Hall–Kier alpha value is -0.730. The second-order valence-corrected chi connectivity index (χ2v) is 4.11. The van der Waals surface area contributed by atoms with E-state index in [2.05, 4.69) is 10.4 Å². The third kappa shape index (κ3) is 2.63. The zero-order valence-corrected chi connectivity index (χ0v) is 8.93. The van der Waals surface area contributed by atoms with E-state index >= 15 is 0 Å². The van der Waals surface area contributed by atoms with Crippen molar-refractivity contribution < 1.29 is 0 Å². The highest BCUT2D eigenvalue weighted by atomic mass is 35.5. The summed E-state index contributed by atoms with van der Waals surface area (Å²) in [4.78, 5) is 0. The van der Waals surface area contributed by atoms with Crippen molar-refractivity contribution in [3.05, 3.63) is 29.3 Å². The van der Waals surface area contributed by atoms with Crippen LogP contribution in [0.5, 0.6) is 0 Å². The van der Waals surface area contributed by atoms with Crippen LogP contribution in [-0.2, 0) is 0 Å². The maximum Gasteiger partial charge on any atom is 0.0504 e. The Morgan fingerprint density at radius 3 is 2.64 bits per heavy atom. The van der Waals surface area contributed by atoms with Crippen molar-refractivity contribution in [1.82, 2.24) is 5.01 Å². The molecule has 1 aromatic carbocycles. The Morgan fingerprint density at radius 1 is 1.14 bits per heavy atom. The maximum atomic E-state index is 5.90. The first kappa shape index (κ1) is 9.81. The van der Waals surface area contributed by atoms with Gasteiger partial charge in [-0.1, -0.05) is 24.1 Å². The lowest BCUT2D eigenvalue weighted by atomic mass is 10.2. The smallest absolute Gasteiger partial charge is 0.0504 e. The molecule has 3 heteroatoms. The lowest BCUT2D eigenvalue weighted by Crippen LogP contribution is -2.34. The molecule has 0 amide bonds. The van der Waals surface area contributed by atoms with Gasteiger partial charge in [0.1, 0.15) is 0 Å². The van der Waals surface area contributed by atoms with Crippen LogP contribution in [0, 0.1) is 0 Å². The predicted molar refractivity (Wildman–Crippen MR) is 60.5 cm³/mol. The van der Waals surface area contributed by atoms with Crippen molar-refractivity contribution in [2.45, 2.75) is 19.3 Å². The van der Waals surface area contributed by atoms with Gasteiger partial charge in [-0.25, -0.2) is 5.01 Å². The summed E-state index contributed by atoms with van der Waals surface area (Å²) >= 11 is 5.90. The minimum atomic E-state index is 0.784. The van der Waals surface area contributed by atoms with Crippen LogP contribution < -0.4 is 5.43 Å². The molecule has 76 valence electrons. The molecule has 2 nitrogen and oxygen atoms in total. The molecule has 1 fully saturated rings. The summed E-state index contributed by atoms with van der Waals surface area (Å²) in [6.45, 7) is 2.26. The molecule has 1 saturated heterocycles. The molecule has 1 aromatic rings. The standard InChI is InChI=1S/C11H15ClN2/c12-10-5-4-6-11(9-10)13-14-7-2-1-3-8-14/h4-6,9,13H,1-3,7-8H2. The van der Waals surface area contributed by atoms with Crippen LogP contribution in [0.4, 0.5) is 5.69 Å². The van der Waals surface area contributed by atoms with Crippen molar-refractivity contribution in [3.8, 4) is 0 Å². The van der Waals surface area contributed by atoms with Crippen LogP contribution in [0.3, 0.4) is 0 Å². The lowest BCUT2D eigenvalue weighted by molar-refractivity contribution is 0.273. The molecular weight excluding hydrogens is 196 g/mol. The van der Waals surface area contributed by atoms with Crippen molar-refractivity contribution >= 4 is 17.3 Å². The van der Waals surface area contributed by atoms with Crippen LogP contribution in [-0.4, -0.2) is 18.1 Å². The van der Waals surface area contributed by atoms with E-state index in [9.17, 15) is 0 Å². The average Bonchev–Trinajstić information content (AvgIpc) is 2.19. The first-order valence-corrected chi connectivity index (χ1v) is 5.49. The molecule has 0 aromatic heterocycles. The molecule has 0 atom stereocenters. The number of hydrazine groups is 1. The Labute approximate surface area is 89.8 Å². The molecule has 1 N–H and O–H groups in total. The fraction of sp³-hybridized carbons (Fsp3) is 0.455. The fourth-order valence-corrected chi connectivity index (χ4v) is 1.94. The Morgan fingerprint density at radius 2 is 1.93 bits per heavy atom. The minimum absolute atomic E-state index is 0.784. The second-order valence-electron chi connectivity index (χ2n) is 3.67. The number of nitrogens with one attached hydrogen (secondary N) is 1. The quantitative estimate of drug-likeness (QED) is 0.807. The van der Waals surface area contributed by atoms with Gasteiger partial charge >= 0.3 is 0 Å². The second kappa shape index (κ2) is 4.67. The van der Waals surface area contributed by atoms with Crippen molar-refractivity contribution in [1.29, 1.82) is 0 Å². The summed E-state index contributed by atoms with van der Waals surface area (Å²) in [7, 11) is 0. The third-order valence-corrected chi connectivity index (χ3v) is 2.70. The highest BCUT2D eigenvalue weighted by molar-refractivity contribution is 6.30. The molecule has 0 aliphatic carbocycles. The van der Waals surface area contributed by atoms with Crippen molar-refractivity contribution in [2.24, 2.45) is 0 Å². The third-order valence-electron chi connectivity index (χ3n) is 2.47. The van der Waals surface area contributed by atoms with Crippen LogP contribution in [0.2, 0.25) is 5.02 Å². The van der Waals surface area contributed by atoms with E-state index < -0.39 is 0 Å². The number of benzene rings is 1. The normalized spacial score (nSPS) is 18.1. The first-order valence-electron chi connectivity index (χ1n) is 5.12. The van der Waals surface area contributed by atoms with Crippen molar-refractivity contribution in [2.75, 3.05) is 18.5 Å². The van der Waals surface area contributed by atoms with E-state index in [0.29, 0.717) is 0 Å². The van der Waals surface area contributed by atoms with Gasteiger partial charge in [-0.05, 0) is 31.0 Å². The Balaban J connectivity index is 1.95. The van der Waals surface area contributed by atoms with Crippen molar-refractivity contribution in [3.63, 3.8) is 0 Å². The molecule has 1 aliphatic rings. The minimum Gasteiger partial charge on any atom is -0.319 e. The van der Waals surface area contributed by atoms with E-state index in [1.54, 1.807) is 0 Å². The van der Waals surface area contributed by atoms with Gasteiger partial charge in [-0.3, -0.25) is 0 Å². The van der Waals surface area contributed by atoms with Gasteiger partial charge in [0.15, 0.2) is 0 Å². The highest BCUT2D eigenvalue weighted by Gasteiger charge is 2.09. The Bertz CT molecular complexity index is 295. The molecule has 0 bridgehead atoms. The topological polar surface area (TPSA) is 15.3 Å². The van der Waals surface area contributed by atoms with Gasteiger partial charge in [0.25, 0.3) is 0 Å². The molecule has 0 spiro atoms. The summed E-state index contributed by atoms with van der Waals surface area (Å²) in [5, 5.41) is 3.04. The average molecular weight is 211 g/mol. The Kier molecular flexibility index (Phi) is 3.27. The van der Waals surface area contributed by atoms with E-state index in [0.717, 1.165) is 23.8 Å². The summed E-state index contributed by atoms with van der Waals surface area (Å²) in [6, 6.07) is 7.86. The van der Waals surface area contributed by atoms with Crippen LogP contribution >= 0.6 is 11.6 Å².